The summed E-state index contributed by atoms with van der Waals surface area (Å²) in [5.41, 5.74) is 1.04. The third kappa shape index (κ3) is 3.17. The molecular weight excluding hydrogens is 270 g/mol. The van der Waals surface area contributed by atoms with E-state index in [4.69, 9.17) is 9.47 Å². The van der Waals surface area contributed by atoms with Crippen molar-refractivity contribution in [2.24, 2.45) is 0 Å². The van der Waals surface area contributed by atoms with Gasteiger partial charge in [0.25, 0.3) is 0 Å². The average Bonchev–Trinajstić information content (AvgIpc) is 2.93. The van der Waals surface area contributed by atoms with Crippen LogP contribution in [-0.4, -0.2) is 20.9 Å². The molecule has 0 unspecified atom stereocenters. The number of carbonyl (C=O) groups excluding carboxylic acids is 1. The highest BCUT2D eigenvalue weighted by molar-refractivity contribution is 5.80. The summed E-state index contributed by atoms with van der Waals surface area (Å²) in [6.07, 6.45) is 3.44. The van der Waals surface area contributed by atoms with Gasteiger partial charge in [-0.15, -0.1) is 0 Å². The molecule has 0 saturated carbocycles. The van der Waals surface area contributed by atoms with Crippen molar-refractivity contribution in [1.29, 1.82) is 0 Å². The van der Waals surface area contributed by atoms with Gasteiger partial charge in [-0.25, -0.2) is 4.98 Å². The first-order valence-electron chi connectivity index (χ1n) is 6.41. The maximum absolute atomic E-state index is 10.8. The second-order valence-electron chi connectivity index (χ2n) is 4.42. The van der Waals surface area contributed by atoms with Crippen LogP contribution in [0.4, 0.5) is 0 Å². The Kier molecular flexibility index (Phi) is 3.51. The van der Waals surface area contributed by atoms with E-state index in [1.54, 1.807) is 12.3 Å². The number of rotatable bonds is 4. The molecule has 0 aliphatic heterocycles. The molecule has 6 heteroatoms. The fraction of sp³-hybridized carbons (Fsp3) is 0.133. The molecule has 2 heterocycles. The Labute approximate surface area is 120 Å². The number of hydrogen-bond acceptors (Lipinski definition) is 5. The lowest BCUT2D eigenvalue weighted by atomic mass is 10.2. The van der Waals surface area contributed by atoms with E-state index in [-0.39, 0.29) is 12.6 Å². The Balaban J connectivity index is 1.77. The van der Waals surface area contributed by atoms with Gasteiger partial charge < -0.3 is 14.5 Å². The summed E-state index contributed by atoms with van der Waals surface area (Å²) in [6.45, 7) is 1.37. The largest absolute Gasteiger partial charge is 0.458 e. The van der Waals surface area contributed by atoms with Gasteiger partial charge in [0, 0.05) is 36.3 Å². The van der Waals surface area contributed by atoms with Crippen LogP contribution < -0.4 is 4.74 Å². The molecule has 0 radical (unpaired) electrons. The van der Waals surface area contributed by atoms with Crippen molar-refractivity contribution in [1.82, 2.24) is 15.0 Å². The van der Waals surface area contributed by atoms with E-state index < -0.39 is 0 Å². The van der Waals surface area contributed by atoms with Crippen molar-refractivity contribution in [3.63, 3.8) is 0 Å². The Morgan fingerprint density at radius 1 is 1.29 bits per heavy atom. The molecule has 3 rings (SSSR count). The first-order chi connectivity index (χ1) is 10.2. The smallest absolute Gasteiger partial charge is 0.303 e. The van der Waals surface area contributed by atoms with Gasteiger partial charge in [0.05, 0.1) is 0 Å². The summed E-state index contributed by atoms with van der Waals surface area (Å²) in [4.78, 5) is 22.1. The summed E-state index contributed by atoms with van der Waals surface area (Å²) >= 11 is 0. The van der Waals surface area contributed by atoms with Gasteiger partial charge in [0.15, 0.2) is 12.4 Å². The average molecular weight is 283 g/mol. The number of H-pyrrole nitrogens is 1. The number of fused-ring (bicyclic) bond motifs is 1. The van der Waals surface area contributed by atoms with Crippen LogP contribution in [0.25, 0.3) is 10.9 Å². The zero-order valence-electron chi connectivity index (χ0n) is 11.4. The van der Waals surface area contributed by atoms with Crippen LogP contribution in [-0.2, 0) is 16.1 Å². The Morgan fingerprint density at radius 3 is 3.05 bits per heavy atom. The highest BCUT2D eigenvalue weighted by Gasteiger charge is 2.05. The van der Waals surface area contributed by atoms with Gasteiger partial charge in [-0.2, -0.15) is 4.98 Å². The van der Waals surface area contributed by atoms with Crippen molar-refractivity contribution >= 4 is 16.9 Å². The van der Waals surface area contributed by atoms with Gasteiger partial charge in [-0.1, -0.05) is 0 Å². The highest BCUT2D eigenvalue weighted by Crippen LogP contribution is 2.23. The molecular formula is C15H13N3O3. The minimum Gasteiger partial charge on any atom is -0.458 e. The summed E-state index contributed by atoms with van der Waals surface area (Å²) in [7, 11) is 0. The van der Waals surface area contributed by atoms with Crippen LogP contribution in [0.15, 0.2) is 42.7 Å². The minimum atomic E-state index is -0.372. The number of nitrogens with zero attached hydrogens (tertiary/aromatic N) is 2. The molecule has 0 aliphatic carbocycles. The lowest BCUT2D eigenvalue weighted by Crippen LogP contribution is -2.03. The fourth-order valence-electron chi connectivity index (χ4n) is 1.89. The predicted octanol–water partition coefficient (Wildman–Crippen LogP) is 2.81. The Bertz CT molecular complexity index is 782. The van der Waals surface area contributed by atoms with Gasteiger partial charge >= 0.3 is 5.97 Å². The number of carbonyl (C=O) groups is 1. The van der Waals surface area contributed by atoms with Crippen molar-refractivity contribution < 1.29 is 14.3 Å². The third-order valence-electron chi connectivity index (χ3n) is 2.83. The highest BCUT2D eigenvalue weighted by atomic mass is 16.5. The third-order valence-corrected chi connectivity index (χ3v) is 2.83. The topological polar surface area (TPSA) is 77.1 Å². The van der Waals surface area contributed by atoms with Crippen molar-refractivity contribution in [3.8, 4) is 11.6 Å². The molecule has 0 bridgehead atoms. The first-order valence-corrected chi connectivity index (χ1v) is 6.41. The number of esters is 1. The SMILES string of the molecule is CC(=O)OCc1nccc(Oc2ccc3[nH]ccc3c2)n1. The van der Waals surface area contributed by atoms with Gasteiger partial charge in [-0.05, 0) is 24.3 Å². The fourth-order valence-corrected chi connectivity index (χ4v) is 1.89. The standard InChI is InChI=1S/C15H13N3O3/c1-10(19)20-9-14-17-7-5-15(18-14)21-12-2-3-13-11(8-12)4-6-16-13/h2-8,16H,9H2,1H3. The second-order valence-corrected chi connectivity index (χ2v) is 4.42. The predicted molar refractivity (Wildman–Crippen MR) is 75.9 cm³/mol. The van der Waals surface area contributed by atoms with E-state index in [1.165, 1.54) is 6.92 Å². The number of ether oxygens (including phenoxy) is 2. The molecule has 0 aliphatic rings. The van der Waals surface area contributed by atoms with Gasteiger partial charge in [0.1, 0.15) is 5.75 Å². The van der Waals surface area contributed by atoms with E-state index in [2.05, 4.69) is 15.0 Å². The van der Waals surface area contributed by atoms with Crippen LogP contribution in [0.2, 0.25) is 0 Å². The van der Waals surface area contributed by atoms with E-state index >= 15 is 0 Å². The molecule has 6 nitrogen and oxygen atoms in total. The van der Waals surface area contributed by atoms with Crippen LogP contribution in [0.1, 0.15) is 12.7 Å². The number of aromatic amines is 1. The monoisotopic (exact) mass is 283 g/mol. The lowest BCUT2D eigenvalue weighted by molar-refractivity contribution is -0.142. The first kappa shape index (κ1) is 13.1. The molecule has 0 saturated heterocycles. The van der Waals surface area contributed by atoms with Crippen molar-refractivity contribution in [3.05, 3.63) is 48.5 Å². The molecule has 3 aromatic rings. The van der Waals surface area contributed by atoms with Crippen LogP contribution in [0, 0.1) is 0 Å². The van der Waals surface area contributed by atoms with E-state index in [9.17, 15) is 4.79 Å². The van der Waals surface area contributed by atoms with Crippen molar-refractivity contribution in [2.45, 2.75) is 13.5 Å². The molecule has 0 atom stereocenters. The van der Waals surface area contributed by atoms with E-state index in [0.717, 1.165) is 10.9 Å². The molecule has 1 N–H and O–H groups in total. The Morgan fingerprint density at radius 2 is 2.19 bits per heavy atom. The second kappa shape index (κ2) is 5.62. The van der Waals surface area contributed by atoms with Crippen LogP contribution in [0.3, 0.4) is 0 Å². The molecule has 0 fully saturated rings. The molecule has 1 aromatic carbocycles. The quantitative estimate of drug-likeness (QED) is 0.745. The summed E-state index contributed by atoms with van der Waals surface area (Å²) in [5.74, 6) is 1.11. The van der Waals surface area contributed by atoms with Crippen molar-refractivity contribution in [2.75, 3.05) is 0 Å². The molecule has 2 aromatic heterocycles. The maximum Gasteiger partial charge on any atom is 0.303 e. The minimum absolute atomic E-state index is 0.0311. The van der Waals surface area contributed by atoms with Crippen LogP contribution in [0.5, 0.6) is 11.6 Å². The lowest BCUT2D eigenvalue weighted by Gasteiger charge is -2.06. The normalized spacial score (nSPS) is 10.5. The van der Waals surface area contributed by atoms with Gasteiger partial charge in [-0.3, -0.25) is 4.79 Å². The zero-order chi connectivity index (χ0) is 14.7. The van der Waals surface area contributed by atoms with Crippen LogP contribution >= 0.6 is 0 Å². The van der Waals surface area contributed by atoms with E-state index in [1.807, 2.05) is 30.5 Å². The summed E-state index contributed by atoms with van der Waals surface area (Å²) < 4.78 is 10.6. The Hall–Kier alpha value is -2.89. The summed E-state index contributed by atoms with van der Waals surface area (Å²) in [6, 6.07) is 9.32. The maximum atomic E-state index is 10.8. The van der Waals surface area contributed by atoms with Gasteiger partial charge in [0.2, 0.25) is 5.88 Å². The number of nitrogens with one attached hydrogen (secondary N) is 1. The molecule has 0 amide bonds. The number of hydrogen-bond donors (Lipinski definition) is 1. The number of benzene rings is 1. The molecule has 0 spiro atoms. The number of aromatic nitrogens is 3. The van der Waals surface area contributed by atoms with E-state index in [0.29, 0.717) is 17.5 Å². The zero-order valence-corrected chi connectivity index (χ0v) is 11.4. The molecule has 21 heavy (non-hydrogen) atoms. The summed E-state index contributed by atoms with van der Waals surface area (Å²) in [5, 5.41) is 1.06. The molecule has 106 valence electrons.